The number of benzene rings is 1. The highest BCUT2D eigenvalue weighted by Gasteiger charge is 2.35. The Balaban J connectivity index is 2.11. The summed E-state index contributed by atoms with van der Waals surface area (Å²) in [5, 5.41) is 9.07. The first kappa shape index (κ1) is 15.0. The lowest BCUT2D eigenvalue weighted by atomic mass is 9.93. The summed E-state index contributed by atoms with van der Waals surface area (Å²) in [5.74, 6) is -0.134. The summed E-state index contributed by atoms with van der Waals surface area (Å²) in [6.07, 6.45) is -0.129. The quantitative estimate of drug-likeness (QED) is 0.834. The predicted octanol–water partition coefficient (Wildman–Crippen LogP) is 2.90. The van der Waals surface area contributed by atoms with Gasteiger partial charge in [0, 0.05) is 11.0 Å². The van der Waals surface area contributed by atoms with Crippen molar-refractivity contribution in [1.82, 2.24) is 4.90 Å². The summed E-state index contributed by atoms with van der Waals surface area (Å²) in [4.78, 5) is 14.0. The van der Waals surface area contributed by atoms with E-state index in [-0.39, 0.29) is 12.0 Å². The Morgan fingerprint density at radius 1 is 1.45 bits per heavy atom. The molecule has 0 saturated carbocycles. The highest BCUT2D eigenvalue weighted by Crippen LogP contribution is 2.26. The van der Waals surface area contributed by atoms with Crippen LogP contribution in [0.5, 0.6) is 0 Å². The van der Waals surface area contributed by atoms with E-state index >= 15 is 0 Å². The molecule has 4 nitrogen and oxygen atoms in total. The van der Waals surface area contributed by atoms with Crippen molar-refractivity contribution in [3.63, 3.8) is 0 Å². The second-order valence-electron chi connectivity index (χ2n) is 5.40. The van der Waals surface area contributed by atoms with Crippen LogP contribution in [0, 0.1) is 16.7 Å². The minimum Gasteiger partial charge on any atom is -0.370 e. The van der Waals surface area contributed by atoms with Crippen LogP contribution in [0.15, 0.2) is 28.7 Å². The van der Waals surface area contributed by atoms with E-state index in [1.54, 1.807) is 18.7 Å². The second-order valence-corrected chi connectivity index (χ2v) is 6.31. The monoisotopic (exact) mass is 336 g/mol. The summed E-state index contributed by atoms with van der Waals surface area (Å²) in [6, 6.07) is 9.94. The zero-order valence-corrected chi connectivity index (χ0v) is 13.2. The van der Waals surface area contributed by atoms with E-state index in [1.165, 1.54) is 0 Å². The van der Waals surface area contributed by atoms with Gasteiger partial charge in [0.15, 0.2) is 0 Å². The smallest absolute Gasteiger partial charge is 0.242 e. The molecule has 0 radical (unpaired) electrons. The van der Waals surface area contributed by atoms with Gasteiger partial charge in [0.2, 0.25) is 5.91 Å². The van der Waals surface area contributed by atoms with Crippen LogP contribution in [0.25, 0.3) is 0 Å². The lowest BCUT2D eigenvalue weighted by Gasteiger charge is -2.35. The standard InChI is InChI=1S/C15H17BrN2O2/c1-15(2,10-17)14(19)18-7-8-20-13(9-18)11-3-5-12(16)6-4-11/h3-6,13H,7-9H2,1-2H3. The number of rotatable bonds is 2. The fourth-order valence-corrected chi connectivity index (χ4v) is 2.42. The number of carbonyl (C=O) groups excluding carboxylic acids is 1. The first-order valence-corrected chi connectivity index (χ1v) is 7.31. The van der Waals surface area contributed by atoms with Gasteiger partial charge in [0.25, 0.3) is 0 Å². The Morgan fingerprint density at radius 2 is 2.10 bits per heavy atom. The molecule has 1 saturated heterocycles. The van der Waals surface area contributed by atoms with Crippen molar-refractivity contribution < 1.29 is 9.53 Å². The molecule has 20 heavy (non-hydrogen) atoms. The maximum Gasteiger partial charge on any atom is 0.242 e. The molecule has 1 aromatic carbocycles. The summed E-state index contributed by atoms with van der Waals surface area (Å²) in [5.41, 5.74) is 0.0576. The number of hydrogen-bond acceptors (Lipinski definition) is 3. The fraction of sp³-hybridized carbons (Fsp3) is 0.467. The molecule has 1 aliphatic heterocycles. The molecule has 106 valence electrons. The van der Waals surface area contributed by atoms with Crippen molar-refractivity contribution in [2.24, 2.45) is 5.41 Å². The largest absolute Gasteiger partial charge is 0.370 e. The minimum absolute atomic E-state index is 0.129. The van der Waals surface area contributed by atoms with Gasteiger partial charge in [-0.3, -0.25) is 4.79 Å². The number of amides is 1. The Morgan fingerprint density at radius 3 is 2.70 bits per heavy atom. The molecule has 0 spiro atoms. The van der Waals surface area contributed by atoms with E-state index in [9.17, 15) is 4.79 Å². The molecular formula is C15H17BrN2O2. The number of nitriles is 1. The van der Waals surface area contributed by atoms with Crippen molar-refractivity contribution in [3.8, 4) is 6.07 Å². The Hall–Kier alpha value is -1.38. The Labute approximate surface area is 127 Å². The number of ether oxygens (including phenoxy) is 1. The van der Waals surface area contributed by atoms with Crippen molar-refractivity contribution in [1.29, 1.82) is 5.26 Å². The van der Waals surface area contributed by atoms with E-state index in [0.717, 1.165) is 10.0 Å². The van der Waals surface area contributed by atoms with Crippen LogP contribution in [-0.2, 0) is 9.53 Å². The van der Waals surface area contributed by atoms with Crippen LogP contribution in [0.2, 0.25) is 0 Å². The third kappa shape index (κ3) is 3.20. The zero-order chi connectivity index (χ0) is 14.8. The Kier molecular flexibility index (Phi) is 4.46. The predicted molar refractivity (Wildman–Crippen MR) is 78.8 cm³/mol. The molecule has 5 heteroatoms. The van der Waals surface area contributed by atoms with Crippen LogP contribution in [0.4, 0.5) is 0 Å². The molecule has 1 fully saturated rings. The summed E-state index contributed by atoms with van der Waals surface area (Å²) < 4.78 is 6.75. The fourth-order valence-electron chi connectivity index (χ4n) is 2.16. The first-order valence-electron chi connectivity index (χ1n) is 6.52. The normalized spacial score (nSPS) is 19.5. The van der Waals surface area contributed by atoms with Gasteiger partial charge in [-0.15, -0.1) is 0 Å². The molecule has 1 aromatic rings. The molecule has 0 aliphatic carbocycles. The number of morpholine rings is 1. The van der Waals surface area contributed by atoms with Gasteiger partial charge in [0.05, 0.1) is 19.2 Å². The van der Waals surface area contributed by atoms with Crippen molar-refractivity contribution in [2.45, 2.75) is 20.0 Å². The van der Waals surface area contributed by atoms with E-state index in [2.05, 4.69) is 22.0 Å². The third-order valence-electron chi connectivity index (χ3n) is 3.41. The number of hydrogen-bond donors (Lipinski definition) is 0. The average molecular weight is 337 g/mol. The minimum atomic E-state index is -0.985. The molecule has 1 heterocycles. The van der Waals surface area contributed by atoms with Gasteiger partial charge in [-0.2, -0.15) is 5.26 Å². The second kappa shape index (κ2) is 5.94. The Bertz CT molecular complexity index is 534. The lowest BCUT2D eigenvalue weighted by molar-refractivity contribution is -0.145. The molecule has 1 atom stereocenters. The molecule has 1 amide bonds. The van der Waals surface area contributed by atoms with Crippen molar-refractivity contribution >= 4 is 21.8 Å². The van der Waals surface area contributed by atoms with Crippen LogP contribution < -0.4 is 0 Å². The number of halogens is 1. The molecule has 0 bridgehead atoms. The SMILES string of the molecule is CC(C)(C#N)C(=O)N1CCOC(c2ccc(Br)cc2)C1. The highest BCUT2D eigenvalue weighted by atomic mass is 79.9. The van der Waals surface area contributed by atoms with Crippen molar-refractivity contribution in [2.75, 3.05) is 19.7 Å². The van der Waals surface area contributed by atoms with Gasteiger partial charge in [0.1, 0.15) is 11.5 Å². The van der Waals surface area contributed by atoms with E-state index < -0.39 is 5.41 Å². The zero-order valence-electron chi connectivity index (χ0n) is 11.6. The maximum atomic E-state index is 12.3. The number of nitrogens with zero attached hydrogens (tertiary/aromatic N) is 2. The van der Waals surface area contributed by atoms with Crippen molar-refractivity contribution in [3.05, 3.63) is 34.3 Å². The molecule has 0 aromatic heterocycles. The third-order valence-corrected chi connectivity index (χ3v) is 3.94. The molecule has 1 unspecified atom stereocenters. The molecular weight excluding hydrogens is 320 g/mol. The molecule has 1 aliphatic rings. The van der Waals surface area contributed by atoms with Gasteiger partial charge in [-0.1, -0.05) is 28.1 Å². The van der Waals surface area contributed by atoms with Gasteiger partial charge in [-0.05, 0) is 31.5 Å². The van der Waals surface area contributed by atoms with E-state index in [0.29, 0.717) is 19.7 Å². The topological polar surface area (TPSA) is 53.3 Å². The first-order chi connectivity index (χ1) is 9.44. The van der Waals surface area contributed by atoms with Gasteiger partial charge < -0.3 is 9.64 Å². The van der Waals surface area contributed by atoms with Crippen LogP contribution in [0.1, 0.15) is 25.5 Å². The van der Waals surface area contributed by atoms with Crippen LogP contribution >= 0.6 is 15.9 Å². The summed E-state index contributed by atoms with van der Waals surface area (Å²) >= 11 is 3.40. The number of carbonyl (C=O) groups is 1. The molecule has 2 rings (SSSR count). The summed E-state index contributed by atoms with van der Waals surface area (Å²) in [7, 11) is 0. The lowest BCUT2D eigenvalue weighted by Crippen LogP contribution is -2.47. The van der Waals surface area contributed by atoms with Crippen LogP contribution in [0.3, 0.4) is 0 Å². The van der Waals surface area contributed by atoms with E-state index in [4.69, 9.17) is 10.00 Å². The van der Waals surface area contributed by atoms with E-state index in [1.807, 2.05) is 24.3 Å². The highest BCUT2D eigenvalue weighted by molar-refractivity contribution is 9.10. The average Bonchev–Trinajstić information content (AvgIpc) is 2.47. The summed E-state index contributed by atoms with van der Waals surface area (Å²) in [6.45, 7) is 4.83. The maximum absolute atomic E-state index is 12.3. The van der Waals surface area contributed by atoms with Gasteiger partial charge in [-0.25, -0.2) is 0 Å². The van der Waals surface area contributed by atoms with Gasteiger partial charge >= 0.3 is 0 Å². The molecule has 0 N–H and O–H groups in total. The van der Waals surface area contributed by atoms with Crippen LogP contribution in [-0.4, -0.2) is 30.5 Å².